The zero-order chi connectivity index (χ0) is 21.1. The van der Waals surface area contributed by atoms with Crippen molar-refractivity contribution in [2.75, 3.05) is 5.73 Å². The number of aryl methyl sites for hydroxylation is 2. The second kappa shape index (κ2) is 8.85. The molecular formula is C20H16ClF2N5OS. The molecule has 0 unspecified atom stereocenters. The molecule has 0 fully saturated rings. The SMILES string of the molecule is Nc1ncnc2c1nc(Sc1cccc(OC(F)F)c1)n2CCc1ccccc1Cl. The average Bonchev–Trinajstić information content (AvgIpc) is 3.06. The number of ether oxygens (including phenoxy) is 1. The number of hydrogen-bond donors (Lipinski definition) is 1. The molecule has 0 spiro atoms. The Morgan fingerprint density at radius 1 is 1.13 bits per heavy atom. The van der Waals surface area contributed by atoms with Crippen LogP contribution in [0.3, 0.4) is 0 Å². The molecular weight excluding hydrogens is 432 g/mol. The number of anilines is 1. The number of halogens is 3. The van der Waals surface area contributed by atoms with Crippen LogP contribution in [-0.2, 0) is 13.0 Å². The zero-order valence-electron chi connectivity index (χ0n) is 15.5. The molecule has 0 radical (unpaired) electrons. The molecule has 30 heavy (non-hydrogen) atoms. The van der Waals surface area contributed by atoms with Crippen LogP contribution in [0.4, 0.5) is 14.6 Å². The van der Waals surface area contributed by atoms with Gasteiger partial charge in [0.25, 0.3) is 0 Å². The Bertz CT molecular complexity index is 1190. The number of aromatic nitrogens is 4. The average molecular weight is 448 g/mol. The van der Waals surface area contributed by atoms with Gasteiger partial charge in [-0.25, -0.2) is 15.0 Å². The summed E-state index contributed by atoms with van der Waals surface area (Å²) in [5.74, 6) is 0.348. The molecule has 154 valence electrons. The minimum Gasteiger partial charge on any atom is -0.435 e. The van der Waals surface area contributed by atoms with Gasteiger partial charge in [-0.1, -0.05) is 47.6 Å². The first-order valence-corrected chi connectivity index (χ1v) is 10.1. The summed E-state index contributed by atoms with van der Waals surface area (Å²) in [5, 5.41) is 1.29. The summed E-state index contributed by atoms with van der Waals surface area (Å²) in [7, 11) is 0. The smallest absolute Gasteiger partial charge is 0.387 e. The van der Waals surface area contributed by atoms with Crippen molar-refractivity contribution in [3.8, 4) is 5.75 Å². The van der Waals surface area contributed by atoms with Gasteiger partial charge in [-0.15, -0.1) is 0 Å². The van der Waals surface area contributed by atoms with Crippen LogP contribution in [0.2, 0.25) is 5.02 Å². The van der Waals surface area contributed by atoms with E-state index in [0.29, 0.717) is 39.2 Å². The van der Waals surface area contributed by atoms with Crippen LogP contribution in [0.1, 0.15) is 5.56 Å². The van der Waals surface area contributed by atoms with Crippen molar-refractivity contribution >= 4 is 40.3 Å². The van der Waals surface area contributed by atoms with Gasteiger partial charge in [-0.2, -0.15) is 8.78 Å². The molecule has 2 aromatic carbocycles. The van der Waals surface area contributed by atoms with Gasteiger partial charge in [0, 0.05) is 16.5 Å². The highest BCUT2D eigenvalue weighted by atomic mass is 35.5. The fraction of sp³-hybridized carbons (Fsp3) is 0.150. The fourth-order valence-electron chi connectivity index (χ4n) is 2.97. The maximum Gasteiger partial charge on any atom is 0.387 e. The molecule has 0 amide bonds. The zero-order valence-corrected chi connectivity index (χ0v) is 17.1. The maximum atomic E-state index is 12.5. The van der Waals surface area contributed by atoms with Crippen molar-refractivity contribution in [3.63, 3.8) is 0 Å². The summed E-state index contributed by atoms with van der Waals surface area (Å²) in [6.07, 6.45) is 2.04. The second-order valence-electron chi connectivity index (χ2n) is 6.27. The normalized spacial score (nSPS) is 11.3. The maximum absolute atomic E-state index is 12.5. The molecule has 4 aromatic rings. The third-order valence-corrected chi connectivity index (χ3v) is 5.68. The van der Waals surface area contributed by atoms with E-state index in [1.807, 2.05) is 28.8 Å². The summed E-state index contributed by atoms with van der Waals surface area (Å²) in [5.41, 5.74) is 8.05. The molecule has 0 atom stereocenters. The van der Waals surface area contributed by atoms with E-state index in [1.54, 1.807) is 12.1 Å². The van der Waals surface area contributed by atoms with Gasteiger partial charge < -0.3 is 15.0 Å². The number of fused-ring (bicyclic) bond motifs is 1. The summed E-state index contributed by atoms with van der Waals surface area (Å²) >= 11 is 7.59. The fourth-order valence-corrected chi connectivity index (χ4v) is 4.15. The first-order valence-electron chi connectivity index (χ1n) is 8.94. The highest BCUT2D eigenvalue weighted by Gasteiger charge is 2.17. The third kappa shape index (κ3) is 4.47. The highest BCUT2D eigenvalue weighted by Crippen LogP contribution is 2.33. The Labute approximate surface area is 180 Å². The van der Waals surface area contributed by atoms with Crippen LogP contribution in [0.25, 0.3) is 11.2 Å². The van der Waals surface area contributed by atoms with Crippen LogP contribution in [0, 0.1) is 0 Å². The van der Waals surface area contributed by atoms with Crippen LogP contribution >= 0.6 is 23.4 Å². The van der Waals surface area contributed by atoms with Crippen LogP contribution in [0.5, 0.6) is 5.75 Å². The van der Waals surface area contributed by atoms with Crippen LogP contribution < -0.4 is 10.5 Å². The number of rotatable bonds is 7. The molecule has 0 aliphatic carbocycles. The summed E-state index contributed by atoms with van der Waals surface area (Å²) in [6, 6.07) is 14.0. The molecule has 2 N–H and O–H groups in total. The van der Waals surface area contributed by atoms with E-state index in [-0.39, 0.29) is 11.6 Å². The largest absolute Gasteiger partial charge is 0.435 e. The van der Waals surface area contributed by atoms with Crippen molar-refractivity contribution in [1.29, 1.82) is 0 Å². The summed E-state index contributed by atoms with van der Waals surface area (Å²) < 4.78 is 31.5. The minimum atomic E-state index is -2.89. The Kier molecular flexibility index (Phi) is 6.01. The van der Waals surface area contributed by atoms with Crippen molar-refractivity contribution in [2.24, 2.45) is 0 Å². The predicted molar refractivity (Wildman–Crippen MR) is 112 cm³/mol. The number of nitrogens with zero attached hydrogens (tertiary/aromatic N) is 4. The van der Waals surface area contributed by atoms with E-state index >= 15 is 0 Å². The monoisotopic (exact) mass is 447 g/mol. The Morgan fingerprint density at radius 2 is 1.97 bits per heavy atom. The number of alkyl halides is 2. The molecule has 0 saturated carbocycles. The molecule has 6 nitrogen and oxygen atoms in total. The summed E-state index contributed by atoms with van der Waals surface area (Å²) in [6.45, 7) is -2.34. The Morgan fingerprint density at radius 3 is 2.77 bits per heavy atom. The predicted octanol–water partition coefficient (Wildman–Crippen LogP) is 5.06. The second-order valence-corrected chi connectivity index (χ2v) is 7.72. The Balaban J connectivity index is 1.68. The van der Waals surface area contributed by atoms with Gasteiger partial charge in [-0.3, -0.25) is 0 Å². The van der Waals surface area contributed by atoms with E-state index in [0.717, 1.165) is 5.56 Å². The lowest BCUT2D eigenvalue weighted by molar-refractivity contribution is -0.0499. The van der Waals surface area contributed by atoms with E-state index in [1.165, 1.54) is 30.2 Å². The lowest BCUT2D eigenvalue weighted by Gasteiger charge is -2.10. The van der Waals surface area contributed by atoms with E-state index in [4.69, 9.17) is 17.3 Å². The van der Waals surface area contributed by atoms with E-state index in [2.05, 4.69) is 19.7 Å². The first kappa shape index (κ1) is 20.4. The van der Waals surface area contributed by atoms with E-state index < -0.39 is 6.61 Å². The van der Waals surface area contributed by atoms with Gasteiger partial charge in [0.05, 0.1) is 0 Å². The molecule has 4 rings (SSSR count). The van der Waals surface area contributed by atoms with E-state index in [9.17, 15) is 8.78 Å². The highest BCUT2D eigenvalue weighted by molar-refractivity contribution is 7.99. The van der Waals surface area contributed by atoms with Gasteiger partial charge >= 0.3 is 6.61 Å². The molecule has 2 heterocycles. The number of nitrogens with two attached hydrogens (primary N) is 1. The van der Waals surface area contributed by atoms with Gasteiger partial charge in [0.2, 0.25) is 0 Å². The lowest BCUT2D eigenvalue weighted by atomic mass is 10.1. The van der Waals surface area contributed by atoms with Crippen molar-refractivity contribution in [3.05, 3.63) is 65.4 Å². The van der Waals surface area contributed by atoms with Gasteiger partial charge in [0.1, 0.15) is 12.1 Å². The van der Waals surface area contributed by atoms with Crippen molar-refractivity contribution in [1.82, 2.24) is 19.5 Å². The molecule has 0 bridgehead atoms. The van der Waals surface area contributed by atoms with Crippen molar-refractivity contribution < 1.29 is 13.5 Å². The molecule has 2 aromatic heterocycles. The molecule has 10 heteroatoms. The van der Waals surface area contributed by atoms with Crippen LogP contribution in [0.15, 0.2) is 64.9 Å². The Hall–Kier alpha value is -2.91. The third-order valence-electron chi connectivity index (χ3n) is 4.33. The summed E-state index contributed by atoms with van der Waals surface area (Å²) in [4.78, 5) is 13.6. The standard InChI is InChI=1S/C20H16ClF2N5OS/c21-15-7-2-1-4-12(15)8-9-28-18-16(17(24)25-11-26-18)27-20(28)30-14-6-3-5-13(10-14)29-19(22)23/h1-7,10-11,19H,8-9H2,(H2,24,25,26). The quantitative estimate of drug-likeness (QED) is 0.426. The van der Waals surface area contributed by atoms with Gasteiger partial charge in [-0.05, 0) is 36.2 Å². The van der Waals surface area contributed by atoms with Crippen LogP contribution in [-0.4, -0.2) is 26.1 Å². The topological polar surface area (TPSA) is 78.8 Å². The lowest BCUT2D eigenvalue weighted by Crippen LogP contribution is -2.05. The number of nitrogen functional groups attached to an aromatic ring is 1. The first-order chi connectivity index (χ1) is 14.5. The number of hydrogen-bond acceptors (Lipinski definition) is 6. The van der Waals surface area contributed by atoms with Gasteiger partial charge in [0.15, 0.2) is 22.1 Å². The number of imidazole rings is 1. The molecule has 0 saturated heterocycles. The molecule has 0 aliphatic rings. The minimum absolute atomic E-state index is 0.0769. The van der Waals surface area contributed by atoms with Crippen molar-refractivity contribution in [2.45, 2.75) is 29.6 Å². The number of benzene rings is 2. The molecule has 0 aliphatic heterocycles.